The number of benzene rings is 2. The van der Waals surface area contributed by atoms with E-state index in [1.54, 1.807) is 31.4 Å². The maximum atomic E-state index is 12.2. The molecule has 6 heteroatoms. The van der Waals surface area contributed by atoms with E-state index in [0.29, 0.717) is 28.2 Å². The molecule has 0 amide bonds. The summed E-state index contributed by atoms with van der Waals surface area (Å²) in [6.07, 6.45) is 2.90. The van der Waals surface area contributed by atoms with Crippen LogP contribution in [0.15, 0.2) is 51.7 Å². The van der Waals surface area contributed by atoms with E-state index in [1.165, 1.54) is 19.3 Å². The molecule has 2 aromatic carbocycles. The smallest absolute Gasteiger partial charge is 0.336 e. The lowest BCUT2D eigenvalue weighted by atomic mass is 10.0. The van der Waals surface area contributed by atoms with Crippen LogP contribution in [0, 0.1) is 13.8 Å². The van der Waals surface area contributed by atoms with E-state index < -0.39 is 11.6 Å². The van der Waals surface area contributed by atoms with Gasteiger partial charge in [-0.2, -0.15) is 0 Å². The average Bonchev–Trinajstić information content (AvgIpc) is 2.72. The van der Waals surface area contributed by atoms with Crippen molar-refractivity contribution in [3.05, 3.63) is 75.1 Å². The summed E-state index contributed by atoms with van der Waals surface area (Å²) in [4.78, 5) is 24.1. The standard InChI is InChI=1S/C23H22O6/c1-14-8-10-18-17(12-21(25)29-22(18)15(14)2)13-28-20(24)11-9-16-6-5-7-19(26-3)23(16)27-4/h5-12H,13H2,1-4H3/b11-9+. The van der Waals surface area contributed by atoms with Crippen LogP contribution in [0.25, 0.3) is 17.0 Å². The molecule has 0 saturated carbocycles. The van der Waals surface area contributed by atoms with Crippen molar-refractivity contribution >= 4 is 23.0 Å². The third-order valence-corrected chi connectivity index (χ3v) is 4.72. The second kappa shape index (κ2) is 8.65. The van der Waals surface area contributed by atoms with Crippen LogP contribution < -0.4 is 15.1 Å². The number of para-hydroxylation sites is 1. The second-order valence-electron chi connectivity index (χ2n) is 6.50. The molecule has 0 aliphatic carbocycles. The van der Waals surface area contributed by atoms with E-state index in [4.69, 9.17) is 18.6 Å². The minimum absolute atomic E-state index is 0.0387. The predicted octanol–water partition coefficient (Wildman–Crippen LogP) is 4.18. The summed E-state index contributed by atoms with van der Waals surface area (Å²) in [6.45, 7) is 3.79. The summed E-state index contributed by atoms with van der Waals surface area (Å²) in [7, 11) is 3.08. The molecule has 0 unspecified atom stereocenters. The molecule has 3 rings (SSSR count). The molecule has 150 valence electrons. The van der Waals surface area contributed by atoms with E-state index in [0.717, 1.165) is 16.5 Å². The lowest BCUT2D eigenvalue weighted by molar-refractivity contribution is -0.138. The monoisotopic (exact) mass is 394 g/mol. The number of hydrogen-bond donors (Lipinski definition) is 0. The lowest BCUT2D eigenvalue weighted by Gasteiger charge is -2.10. The summed E-state index contributed by atoms with van der Waals surface area (Å²) in [5, 5.41) is 0.749. The maximum Gasteiger partial charge on any atom is 0.336 e. The van der Waals surface area contributed by atoms with Crippen molar-refractivity contribution in [2.24, 2.45) is 0 Å². The fraction of sp³-hybridized carbons (Fsp3) is 0.217. The first-order chi connectivity index (χ1) is 13.9. The molecule has 0 aliphatic rings. The molecule has 29 heavy (non-hydrogen) atoms. The van der Waals surface area contributed by atoms with Crippen LogP contribution in [0.1, 0.15) is 22.3 Å². The largest absolute Gasteiger partial charge is 0.493 e. The van der Waals surface area contributed by atoms with Gasteiger partial charge in [-0.05, 0) is 37.1 Å². The van der Waals surface area contributed by atoms with E-state index in [2.05, 4.69) is 0 Å². The molecule has 0 atom stereocenters. The summed E-state index contributed by atoms with van der Waals surface area (Å²) >= 11 is 0. The predicted molar refractivity (Wildman–Crippen MR) is 110 cm³/mol. The zero-order chi connectivity index (χ0) is 21.0. The van der Waals surface area contributed by atoms with Crippen LogP contribution in [0.4, 0.5) is 0 Å². The minimum Gasteiger partial charge on any atom is -0.493 e. The van der Waals surface area contributed by atoms with Crippen molar-refractivity contribution in [2.45, 2.75) is 20.5 Å². The topological polar surface area (TPSA) is 75.0 Å². The normalized spacial score (nSPS) is 11.0. The Hall–Kier alpha value is -3.54. The van der Waals surface area contributed by atoms with Gasteiger partial charge in [-0.25, -0.2) is 9.59 Å². The summed E-state index contributed by atoms with van der Waals surface area (Å²) < 4.78 is 21.3. The zero-order valence-electron chi connectivity index (χ0n) is 16.8. The Morgan fingerprint density at radius 2 is 1.90 bits per heavy atom. The molecule has 0 N–H and O–H groups in total. The SMILES string of the molecule is COc1cccc(/C=C/C(=O)OCc2cc(=O)oc3c(C)c(C)ccc23)c1OC. The molecule has 3 aromatic rings. The van der Waals surface area contributed by atoms with Gasteiger partial charge in [0.15, 0.2) is 11.5 Å². The minimum atomic E-state index is -0.542. The Balaban J connectivity index is 1.79. The molecule has 0 saturated heterocycles. The number of fused-ring (bicyclic) bond motifs is 1. The van der Waals surface area contributed by atoms with Gasteiger partial charge in [0.05, 0.1) is 14.2 Å². The first-order valence-corrected chi connectivity index (χ1v) is 9.03. The first-order valence-electron chi connectivity index (χ1n) is 9.03. The molecule has 1 heterocycles. The molecule has 0 bridgehead atoms. The van der Waals surface area contributed by atoms with Gasteiger partial charge in [0.25, 0.3) is 0 Å². The van der Waals surface area contributed by atoms with Crippen LogP contribution in [0.3, 0.4) is 0 Å². The summed E-state index contributed by atoms with van der Waals surface area (Å²) in [5.74, 6) is 0.549. The first kappa shape index (κ1) is 20.2. The van der Waals surface area contributed by atoms with Crippen molar-refractivity contribution in [3.8, 4) is 11.5 Å². The summed E-state index contributed by atoms with van der Waals surface area (Å²) in [5.41, 5.74) is 3.22. The Morgan fingerprint density at radius 3 is 2.62 bits per heavy atom. The zero-order valence-corrected chi connectivity index (χ0v) is 16.8. The number of methoxy groups -OCH3 is 2. The van der Waals surface area contributed by atoms with Crippen molar-refractivity contribution in [2.75, 3.05) is 14.2 Å². The van der Waals surface area contributed by atoms with E-state index in [-0.39, 0.29) is 6.61 Å². The number of carbonyl (C=O) groups is 1. The number of esters is 1. The molecule has 1 aromatic heterocycles. The number of carbonyl (C=O) groups excluding carboxylic acids is 1. The Kier molecular flexibility index (Phi) is 6.02. The summed E-state index contributed by atoms with van der Waals surface area (Å²) in [6, 6.07) is 10.5. The van der Waals surface area contributed by atoms with Crippen molar-refractivity contribution in [3.63, 3.8) is 0 Å². The highest BCUT2D eigenvalue weighted by Crippen LogP contribution is 2.31. The highest BCUT2D eigenvalue weighted by molar-refractivity contribution is 5.88. The van der Waals surface area contributed by atoms with Gasteiger partial charge in [-0.3, -0.25) is 0 Å². The van der Waals surface area contributed by atoms with Crippen LogP contribution in [0.2, 0.25) is 0 Å². The van der Waals surface area contributed by atoms with Gasteiger partial charge in [0.2, 0.25) is 0 Å². The highest BCUT2D eigenvalue weighted by Gasteiger charge is 2.11. The Bertz CT molecular complexity index is 1140. The van der Waals surface area contributed by atoms with Gasteiger partial charge in [0, 0.05) is 28.7 Å². The fourth-order valence-corrected chi connectivity index (χ4v) is 3.04. The molecule has 0 spiro atoms. The van der Waals surface area contributed by atoms with Gasteiger partial charge < -0.3 is 18.6 Å². The lowest BCUT2D eigenvalue weighted by Crippen LogP contribution is -2.06. The van der Waals surface area contributed by atoms with Crippen molar-refractivity contribution in [1.82, 2.24) is 0 Å². The van der Waals surface area contributed by atoms with Crippen LogP contribution >= 0.6 is 0 Å². The van der Waals surface area contributed by atoms with Crippen LogP contribution in [-0.2, 0) is 16.1 Å². The van der Waals surface area contributed by atoms with E-state index in [1.807, 2.05) is 26.0 Å². The fourth-order valence-electron chi connectivity index (χ4n) is 3.04. The molecule has 0 aliphatic heterocycles. The second-order valence-corrected chi connectivity index (χ2v) is 6.50. The molecular weight excluding hydrogens is 372 g/mol. The van der Waals surface area contributed by atoms with E-state index >= 15 is 0 Å². The average molecular weight is 394 g/mol. The number of ether oxygens (including phenoxy) is 3. The van der Waals surface area contributed by atoms with Crippen molar-refractivity contribution < 1.29 is 23.4 Å². The van der Waals surface area contributed by atoms with Crippen LogP contribution in [0.5, 0.6) is 11.5 Å². The third-order valence-electron chi connectivity index (χ3n) is 4.72. The third kappa shape index (κ3) is 4.32. The molecule has 6 nitrogen and oxygen atoms in total. The van der Waals surface area contributed by atoms with Gasteiger partial charge in [-0.1, -0.05) is 24.3 Å². The molecule has 0 radical (unpaired) electrons. The van der Waals surface area contributed by atoms with Crippen molar-refractivity contribution in [1.29, 1.82) is 0 Å². The van der Waals surface area contributed by atoms with Gasteiger partial charge in [0.1, 0.15) is 12.2 Å². The molecule has 0 fully saturated rings. The Morgan fingerprint density at radius 1 is 1.10 bits per heavy atom. The highest BCUT2D eigenvalue weighted by atomic mass is 16.5. The number of hydrogen-bond acceptors (Lipinski definition) is 6. The van der Waals surface area contributed by atoms with E-state index in [9.17, 15) is 9.59 Å². The number of rotatable bonds is 6. The maximum absolute atomic E-state index is 12.2. The molecular formula is C23H22O6. The Labute approximate surface area is 168 Å². The quantitative estimate of drug-likeness (QED) is 0.355. The number of aryl methyl sites for hydroxylation is 2. The van der Waals surface area contributed by atoms with Gasteiger partial charge in [-0.15, -0.1) is 0 Å². The van der Waals surface area contributed by atoms with Gasteiger partial charge >= 0.3 is 11.6 Å². The van der Waals surface area contributed by atoms with Crippen LogP contribution in [-0.4, -0.2) is 20.2 Å².